The molecular formula is C5H10N2O4S4. The molecule has 0 fully saturated rings. The van der Waals surface area contributed by atoms with Crippen molar-refractivity contribution in [2.24, 2.45) is 0 Å². The van der Waals surface area contributed by atoms with E-state index >= 15 is 0 Å². The second kappa shape index (κ2) is 8.13. The molecule has 0 atom stereocenters. The molecule has 6 nitrogen and oxygen atoms in total. The van der Waals surface area contributed by atoms with Gasteiger partial charge in [0.05, 0.1) is 13.2 Å². The largest absolute Gasteiger partial charge is 0.448 e. The van der Waals surface area contributed by atoms with Crippen LogP contribution in [0.4, 0.5) is 9.59 Å². The minimum atomic E-state index is -0.696. The summed E-state index contributed by atoms with van der Waals surface area (Å²) in [6.45, 7) is 0.200. The maximum Gasteiger partial charge on any atom is 0.429 e. The van der Waals surface area contributed by atoms with Crippen molar-refractivity contribution in [2.75, 3.05) is 13.2 Å². The van der Waals surface area contributed by atoms with Gasteiger partial charge in [0.1, 0.15) is 0 Å². The molecule has 10 heteroatoms. The van der Waals surface area contributed by atoms with Gasteiger partial charge >= 0.3 is 12.2 Å². The Morgan fingerprint density at radius 1 is 0.867 bits per heavy atom. The highest BCUT2D eigenvalue weighted by molar-refractivity contribution is 7.94. The van der Waals surface area contributed by atoms with E-state index in [1.807, 2.05) is 0 Å². The second-order valence-corrected chi connectivity index (χ2v) is 4.39. The molecule has 0 aliphatic carbocycles. The molecule has 0 aromatic carbocycles. The molecular weight excluding hydrogens is 280 g/mol. The normalized spacial score (nSPS) is 9.33. The Morgan fingerprint density at radius 3 is 1.47 bits per heavy atom. The standard InChI is InChI=1S/C5H10N2O4S4/c8-4(6(12)13)10-2-1-3-11-5(9)7(14)15/h12-15H,1-3H2. The topological polar surface area (TPSA) is 59.1 Å². The Bertz CT molecular complexity index is 203. The zero-order valence-corrected chi connectivity index (χ0v) is 11.0. The van der Waals surface area contributed by atoms with Crippen molar-refractivity contribution < 1.29 is 19.1 Å². The fraction of sp³-hybridized carbons (Fsp3) is 0.600. The zero-order chi connectivity index (χ0) is 11.8. The highest BCUT2D eigenvalue weighted by Gasteiger charge is 2.08. The number of hydrogen-bond donors (Lipinski definition) is 4. The lowest BCUT2D eigenvalue weighted by molar-refractivity contribution is 0.115. The fourth-order valence-corrected chi connectivity index (χ4v) is 0.724. The fourth-order valence-electron chi connectivity index (χ4n) is 0.493. The van der Waals surface area contributed by atoms with Crippen molar-refractivity contribution in [1.29, 1.82) is 0 Å². The molecule has 0 saturated heterocycles. The van der Waals surface area contributed by atoms with Crippen LogP contribution >= 0.6 is 51.3 Å². The first-order valence-electron chi connectivity index (χ1n) is 3.64. The third kappa shape index (κ3) is 7.82. The maximum absolute atomic E-state index is 10.8. The van der Waals surface area contributed by atoms with Crippen LogP contribution in [0.15, 0.2) is 0 Å². The molecule has 0 aliphatic rings. The lowest BCUT2D eigenvalue weighted by Crippen LogP contribution is -2.17. The van der Waals surface area contributed by atoms with Crippen LogP contribution < -0.4 is 0 Å². The van der Waals surface area contributed by atoms with Crippen molar-refractivity contribution in [1.82, 2.24) is 7.42 Å². The molecule has 0 heterocycles. The summed E-state index contributed by atoms with van der Waals surface area (Å²) in [5, 5.41) is 0. The summed E-state index contributed by atoms with van der Waals surface area (Å²) in [6, 6.07) is 0. The molecule has 0 unspecified atom stereocenters. The van der Waals surface area contributed by atoms with Gasteiger partial charge in [-0.05, 0) is 51.3 Å². The van der Waals surface area contributed by atoms with E-state index in [1.165, 1.54) is 0 Å². The molecule has 0 radical (unpaired) electrons. The Morgan fingerprint density at radius 2 is 1.20 bits per heavy atom. The quantitative estimate of drug-likeness (QED) is 0.469. The van der Waals surface area contributed by atoms with Gasteiger partial charge in [0.25, 0.3) is 0 Å². The summed E-state index contributed by atoms with van der Waals surface area (Å²) in [7, 11) is 0. The lowest BCUT2D eigenvalue weighted by Gasteiger charge is -2.10. The summed E-state index contributed by atoms with van der Waals surface area (Å²) < 4.78 is 10.7. The Hall–Kier alpha value is -0.0600. The van der Waals surface area contributed by atoms with Crippen LogP contribution in [-0.4, -0.2) is 32.8 Å². The number of hydrogen-bond acceptors (Lipinski definition) is 8. The molecule has 0 aliphatic heterocycles. The van der Waals surface area contributed by atoms with Gasteiger partial charge in [0, 0.05) is 6.42 Å². The minimum absolute atomic E-state index is 0.100. The van der Waals surface area contributed by atoms with Gasteiger partial charge in [-0.25, -0.2) is 9.59 Å². The van der Waals surface area contributed by atoms with E-state index in [4.69, 9.17) is 0 Å². The van der Waals surface area contributed by atoms with E-state index in [0.717, 1.165) is 0 Å². The van der Waals surface area contributed by atoms with Crippen molar-refractivity contribution in [2.45, 2.75) is 6.42 Å². The highest BCUT2D eigenvalue weighted by atomic mass is 32.2. The zero-order valence-electron chi connectivity index (χ0n) is 7.44. The van der Waals surface area contributed by atoms with Crippen LogP contribution in [0, 0.1) is 0 Å². The van der Waals surface area contributed by atoms with Crippen LogP contribution in [0.25, 0.3) is 0 Å². The number of carbonyl (C=O) groups is 2. The summed E-state index contributed by atoms with van der Waals surface area (Å²) in [5.74, 6) is 0. The van der Waals surface area contributed by atoms with Gasteiger partial charge in [-0.15, -0.1) is 0 Å². The van der Waals surface area contributed by atoms with Crippen molar-refractivity contribution in [3.05, 3.63) is 0 Å². The van der Waals surface area contributed by atoms with E-state index in [-0.39, 0.29) is 13.2 Å². The van der Waals surface area contributed by atoms with Crippen molar-refractivity contribution in [3.63, 3.8) is 0 Å². The van der Waals surface area contributed by atoms with Crippen molar-refractivity contribution >= 4 is 63.4 Å². The van der Waals surface area contributed by atoms with Gasteiger partial charge in [0.2, 0.25) is 0 Å². The average molecular weight is 290 g/mol. The van der Waals surface area contributed by atoms with Gasteiger partial charge in [-0.1, -0.05) is 0 Å². The van der Waals surface area contributed by atoms with Crippen LogP contribution in [0.1, 0.15) is 6.42 Å². The smallest absolute Gasteiger partial charge is 0.429 e. The molecule has 0 N–H and O–H groups in total. The lowest BCUT2D eigenvalue weighted by atomic mass is 10.5. The summed E-state index contributed by atoms with van der Waals surface area (Å²) in [4.78, 5) is 21.5. The molecule has 15 heavy (non-hydrogen) atoms. The first-order chi connectivity index (χ1) is 6.95. The number of rotatable bonds is 4. The number of ether oxygens (including phenoxy) is 2. The molecule has 0 spiro atoms. The van der Waals surface area contributed by atoms with E-state index in [1.54, 1.807) is 0 Å². The van der Waals surface area contributed by atoms with Crippen LogP contribution in [0.2, 0.25) is 0 Å². The van der Waals surface area contributed by atoms with E-state index in [0.29, 0.717) is 13.8 Å². The van der Waals surface area contributed by atoms with E-state index < -0.39 is 12.2 Å². The molecule has 2 amide bonds. The molecule has 0 rings (SSSR count). The average Bonchev–Trinajstić information content (AvgIpc) is 2.16. The van der Waals surface area contributed by atoms with Crippen LogP contribution in [-0.2, 0) is 9.47 Å². The second-order valence-electron chi connectivity index (χ2n) is 2.16. The maximum atomic E-state index is 10.8. The van der Waals surface area contributed by atoms with Crippen LogP contribution in [0.5, 0.6) is 0 Å². The first-order valence-corrected chi connectivity index (χ1v) is 5.24. The van der Waals surface area contributed by atoms with Crippen LogP contribution in [0.3, 0.4) is 0 Å². The Balaban J connectivity index is 3.40. The number of carbonyl (C=O) groups excluding carboxylic acids is 2. The molecule has 0 bridgehead atoms. The summed E-state index contributed by atoms with van der Waals surface area (Å²) in [5.41, 5.74) is 0. The number of nitrogens with zero attached hydrogens (tertiary/aromatic N) is 2. The van der Waals surface area contributed by atoms with Crippen molar-refractivity contribution in [3.8, 4) is 0 Å². The SMILES string of the molecule is O=C(OCCCOC(=O)N(S)S)N(S)S. The Labute approximate surface area is 109 Å². The van der Waals surface area contributed by atoms with Gasteiger partial charge < -0.3 is 9.47 Å². The molecule has 0 aromatic heterocycles. The third-order valence-electron chi connectivity index (χ3n) is 1.07. The summed E-state index contributed by atoms with van der Waals surface area (Å²) >= 11 is 14.4. The van der Waals surface area contributed by atoms with Gasteiger partial charge in [0.15, 0.2) is 0 Å². The third-order valence-corrected chi connectivity index (χ3v) is 1.72. The molecule has 0 aromatic rings. The predicted octanol–water partition coefficient (Wildman–Crippen LogP) is 1.63. The van der Waals surface area contributed by atoms with E-state index in [2.05, 4.69) is 60.7 Å². The Kier molecular flexibility index (Phi) is 8.10. The number of thiol groups is 4. The highest BCUT2D eigenvalue weighted by Crippen LogP contribution is 2.03. The molecule has 0 saturated carbocycles. The minimum Gasteiger partial charge on any atom is -0.448 e. The van der Waals surface area contributed by atoms with Gasteiger partial charge in [-0.3, -0.25) is 0 Å². The van der Waals surface area contributed by atoms with E-state index in [9.17, 15) is 9.59 Å². The first kappa shape index (κ1) is 14.9. The summed E-state index contributed by atoms with van der Waals surface area (Å²) in [6.07, 6.45) is -1.03. The monoisotopic (exact) mass is 290 g/mol. The number of amides is 2. The molecule has 88 valence electrons. The predicted molar refractivity (Wildman–Crippen MR) is 66.9 cm³/mol. The van der Waals surface area contributed by atoms with Gasteiger partial charge in [-0.2, -0.15) is 7.42 Å².